The van der Waals surface area contributed by atoms with Gasteiger partial charge in [0.1, 0.15) is 0 Å². The Morgan fingerprint density at radius 1 is 1.42 bits per heavy atom. The van der Waals surface area contributed by atoms with E-state index in [1.165, 1.54) is 0 Å². The Bertz CT molecular complexity index is 398. The van der Waals surface area contributed by atoms with Crippen LogP contribution < -0.4 is 0 Å². The maximum Gasteiger partial charge on any atom is 0.417 e. The van der Waals surface area contributed by atoms with Gasteiger partial charge in [-0.15, -0.1) is 11.3 Å². The highest BCUT2D eigenvalue weighted by Gasteiger charge is 2.54. The molecule has 0 aromatic carbocycles. The fraction of sp³-hybridized carbons (Fsp3) is 0.750. The summed E-state index contributed by atoms with van der Waals surface area (Å²) < 4.78 is 38.3. The van der Waals surface area contributed by atoms with Crippen molar-refractivity contribution in [1.82, 2.24) is 9.88 Å². The maximum absolute atomic E-state index is 12.8. The third-order valence-corrected chi connectivity index (χ3v) is 4.58. The molecule has 0 aliphatic carbocycles. The van der Waals surface area contributed by atoms with Gasteiger partial charge in [0.2, 0.25) is 0 Å². The van der Waals surface area contributed by atoms with Crippen LogP contribution in [0.1, 0.15) is 24.6 Å². The lowest BCUT2D eigenvalue weighted by atomic mass is 9.81. The Morgan fingerprint density at radius 2 is 2.05 bits per heavy atom. The van der Waals surface area contributed by atoms with E-state index in [0.717, 1.165) is 18.3 Å². The van der Waals surface area contributed by atoms with Crippen LogP contribution in [0.3, 0.4) is 0 Å². The van der Waals surface area contributed by atoms with E-state index in [1.54, 1.807) is 23.0 Å². The summed E-state index contributed by atoms with van der Waals surface area (Å²) >= 11 is 1.55. The number of aliphatic hydroxyl groups is 1. The normalized spacial score (nSPS) is 22.4. The number of aromatic nitrogens is 1. The second-order valence-electron chi connectivity index (χ2n) is 5.16. The van der Waals surface area contributed by atoms with Gasteiger partial charge < -0.3 is 5.11 Å². The van der Waals surface area contributed by atoms with Crippen LogP contribution in [-0.4, -0.2) is 39.9 Å². The largest absolute Gasteiger partial charge is 0.417 e. The molecule has 1 aliphatic rings. The summed E-state index contributed by atoms with van der Waals surface area (Å²) in [6, 6.07) is 0. The third kappa shape index (κ3) is 3.27. The molecule has 108 valence electrons. The summed E-state index contributed by atoms with van der Waals surface area (Å²) in [5.74, 6) is -0.717. The van der Waals surface area contributed by atoms with Crippen molar-refractivity contribution in [2.45, 2.75) is 38.1 Å². The van der Waals surface area contributed by atoms with E-state index in [9.17, 15) is 18.3 Å². The van der Waals surface area contributed by atoms with Gasteiger partial charge in [0.25, 0.3) is 0 Å². The van der Waals surface area contributed by atoms with Crippen LogP contribution in [0, 0.1) is 5.92 Å². The van der Waals surface area contributed by atoms with Gasteiger partial charge in [-0.25, -0.2) is 0 Å². The van der Waals surface area contributed by atoms with Gasteiger partial charge in [-0.3, -0.25) is 9.88 Å². The second-order valence-corrected chi connectivity index (χ2v) is 6.13. The summed E-state index contributed by atoms with van der Waals surface area (Å²) in [7, 11) is 0. The average Bonchev–Trinajstić information content (AvgIpc) is 2.81. The van der Waals surface area contributed by atoms with Gasteiger partial charge in [0.05, 0.1) is 5.51 Å². The number of hydrogen-bond acceptors (Lipinski definition) is 4. The first kappa shape index (κ1) is 14.7. The molecule has 2 heterocycles. The van der Waals surface area contributed by atoms with E-state index in [1.807, 2.05) is 0 Å². The van der Waals surface area contributed by atoms with Crippen LogP contribution >= 0.6 is 11.3 Å². The quantitative estimate of drug-likeness (QED) is 0.931. The van der Waals surface area contributed by atoms with Gasteiger partial charge >= 0.3 is 6.18 Å². The lowest BCUT2D eigenvalue weighted by molar-refractivity contribution is -0.275. The zero-order valence-corrected chi connectivity index (χ0v) is 11.5. The van der Waals surface area contributed by atoms with Crippen LogP contribution in [-0.2, 0) is 6.54 Å². The minimum atomic E-state index is -4.56. The molecule has 1 saturated heterocycles. The summed E-state index contributed by atoms with van der Waals surface area (Å²) in [6.07, 6.45) is -2.04. The van der Waals surface area contributed by atoms with E-state index >= 15 is 0 Å². The highest BCUT2D eigenvalue weighted by molar-refractivity contribution is 7.09. The summed E-state index contributed by atoms with van der Waals surface area (Å²) in [6.45, 7) is 2.77. The molecule has 0 unspecified atom stereocenters. The minimum Gasteiger partial charge on any atom is -0.380 e. The number of alkyl halides is 3. The van der Waals surface area contributed by atoms with Gasteiger partial charge in [-0.05, 0) is 38.8 Å². The SMILES string of the molecule is C[C@](O)(C1CCN(Cc2cncs2)CC1)C(F)(F)F. The minimum absolute atomic E-state index is 0.366. The van der Waals surface area contributed by atoms with Gasteiger partial charge in [0, 0.05) is 17.6 Å². The van der Waals surface area contributed by atoms with E-state index in [-0.39, 0.29) is 0 Å². The van der Waals surface area contributed by atoms with E-state index in [0.29, 0.717) is 25.9 Å². The van der Waals surface area contributed by atoms with Crippen LogP contribution in [0.15, 0.2) is 11.7 Å². The van der Waals surface area contributed by atoms with Gasteiger partial charge in [-0.1, -0.05) is 0 Å². The van der Waals surface area contributed by atoms with E-state index in [4.69, 9.17) is 0 Å². The van der Waals surface area contributed by atoms with Crippen molar-refractivity contribution in [1.29, 1.82) is 0 Å². The predicted octanol–water partition coefficient (Wildman–Crippen LogP) is 2.67. The molecule has 1 N–H and O–H groups in total. The van der Waals surface area contributed by atoms with Crippen LogP contribution in [0.2, 0.25) is 0 Å². The van der Waals surface area contributed by atoms with Crippen molar-refractivity contribution in [2.75, 3.05) is 13.1 Å². The lowest BCUT2D eigenvalue weighted by Gasteiger charge is -2.40. The highest BCUT2D eigenvalue weighted by atomic mass is 32.1. The van der Waals surface area contributed by atoms with Gasteiger partial charge in [0.15, 0.2) is 5.60 Å². The Hall–Kier alpha value is -0.660. The smallest absolute Gasteiger partial charge is 0.380 e. The number of nitrogens with zero attached hydrogens (tertiary/aromatic N) is 2. The summed E-state index contributed by atoms with van der Waals surface area (Å²) in [4.78, 5) is 7.20. The predicted molar refractivity (Wildman–Crippen MR) is 66.8 cm³/mol. The van der Waals surface area contributed by atoms with Crippen molar-refractivity contribution in [3.05, 3.63) is 16.6 Å². The molecular weight excluding hydrogens is 277 g/mol. The topological polar surface area (TPSA) is 36.4 Å². The molecule has 0 bridgehead atoms. The molecule has 0 radical (unpaired) electrons. The molecule has 3 nitrogen and oxygen atoms in total. The molecular formula is C12H17F3N2OS. The number of thiazole rings is 1. The zero-order valence-electron chi connectivity index (χ0n) is 10.7. The second kappa shape index (κ2) is 5.38. The first-order valence-corrected chi connectivity index (χ1v) is 7.07. The number of likely N-dealkylation sites (tertiary alicyclic amines) is 1. The molecule has 0 spiro atoms. The third-order valence-electron chi connectivity index (χ3n) is 3.82. The van der Waals surface area contributed by atoms with Crippen molar-refractivity contribution in [3.63, 3.8) is 0 Å². The molecule has 1 aliphatic heterocycles. The van der Waals surface area contributed by atoms with Gasteiger partial charge in [-0.2, -0.15) is 13.2 Å². The standard InChI is InChI=1S/C12H17F3N2OS/c1-11(18,12(13,14)15)9-2-4-17(5-3-9)7-10-6-16-8-19-10/h6,8-9,18H,2-5,7H2,1H3/t11-/m0/s1. The Kier molecular flexibility index (Phi) is 4.17. The first-order chi connectivity index (χ1) is 8.80. The van der Waals surface area contributed by atoms with Crippen LogP contribution in [0.25, 0.3) is 0 Å². The molecule has 2 rings (SSSR count). The summed E-state index contributed by atoms with van der Waals surface area (Å²) in [5, 5.41) is 9.67. The molecule has 1 aromatic rings. The van der Waals surface area contributed by atoms with Crippen molar-refractivity contribution >= 4 is 11.3 Å². The van der Waals surface area contributed by atoms with Crippen molar-refractivity contribution in [2.24, 2.45) is 5.92 Å². The molecule has 0 amide bonds. The molecule has 7 heteroatoms. The molecule has 0 saturated carbocycles. The molecule has 1 fully saturated rings. The van der Waals surface area contributed by atoms with Crippen molar-refractivity contribution in [3.8, 4) is 0 Å². The number of hydrogen-bond donors (Lipinski definition) is 1. The monoisotopic (exact) mass is 294 g/mol. The Labute approximate surface area is 114 Å². The van der Waals surface area contributed by atoms with Crippen LogP contribution in [0.4, 0.5) is 13.2 Å². The number of rotatable bonds is 3. The van der Waals surface area contributed by atoms with Crippen molar-refractivity contribution < 1.29 is 18.3 Å². The molecule has 1 atom stereocenters. The fourth-order valence-electron chi connectivity index (χ4n) is 2.43. The lowest BCUT2D eigenvalue weighted by Crippen LogP contribution is -2.52. The van der Waals surface area contributed by atoms with E-state index in [2.05, 4.69) is 9.88 Å². The van der Waals surface area contributed by atoms with Crippen LogP contribution in [0.5, 0.6) is 0 Å². The number of piperidine rings is 1. The first-order valence-electron chi connectivity index (χ1n) is 6.19. The molecule has 1 aromatic heterocycles. The highest BCUT2D eigenvalue weighted by Crippen LogP contribution is 2.40. The maximum atomic E-state index is 12.8. The Balaban J connectivity index is 1.89. The zero-order chi connectivity index (χ0) is 14.1. The fourth-order valence-corrected chi connectivity index (χ4v) is 3.06. The Morgan fingerprint density at radius 3 is 2.53 bits per heavy atom. The van der Waals surface area contributed by atoms with E-state index < -0.39 is 17.7 Å². The number of halogens is 3. The summed E-state index contributed by atoms with van der Waals surface area (Å²) in [5.41, 5.74) is -0.833. The average molecular weight is 294 g/mol. The molecule has 19 heavy (non-hydrogen) atoms.